The molecule has 33 heavy (non-hydrogen) atoms. The Morgan fingerprint density at radius 2 is 1.70 bits per heavy atom. The van der Waals surface area contributed by atoms with E-state index < -0.39 is 18.0 Å². The van der Waals surface area contributed by atoms with Gasteiger partial charge in [-0.05, 0) is 28.2 Å². The Bertz CT molecular complexity index is 1220. The minimum Gasteiger partial charge on any atom is -0.476 e. The van der Waals surface area contributed by atoms with Crippen molar-refractivity contribution >= 4 is 18.0 Å². The predicted molar refractivity (Wildman–Crippen MR) is 116 cm³/mol. The van der Waals surface area contributed by atoms with Gasteiger partial charge in [-0.25, -0.2) is 14.6 Å². The Hall–Kier alpha value is -4.58. The van der Waals surface area contributed by atoms with Gasteiger partial charge in [0, 0.05) is 5.92 Å². The number of carbonyl (C=O) groups is 3. The number of hydrogen-bond donors (Lipinski definition) is 3. The largest absolute Gasteiger partial charge is 0.476 e. The van der Waals surface area contributed by atoms with Gasteiger partial charge in [-0.2, -0.15) is 0 Å². The van der Waals surface area contributed by atoms with Crippen molar-refractivity contribution in [3.8, 4) is 23.0 Å². The zero-order chi connectivity index (χ0) is 23.2. The van der Waals surface area contributed by atoms with E-state index in [2.05, 4.69) is 39.6 Å². The van der Waals surface area contributed by atoms with Crippen LogP contribution in [0.25, 0.3) is 11.1 Å². The van der Waals surface area contributed by atoms with Crippen LogP contribution in [0.3, 0.4) is 0 Å². The third kappa shape index (κ3) is 4.85. The first-order valence-corrected chi connectivity index (χ1v) is 10.1. The molecule has 3 aromatic rings. The molecule has 0 saturated carbocycles. The number of carboxylic acids is 1. The van der Waals surface area contributed by atoms with Crippen LogP contribution in [-0.2, 0) is 16.1 Å². The van der Waals surface area contributed by atoms with Crippen LogP contribution < -0.4 is 10.6 Å². The molecule has 4 rings (SSSR count). The molecule has 0 atom stereocenters. The summed E-state index contributed by atoms with van der Waals surface area (Å²) < 4.78 is 10.3. The molecule has 0 bridgehead atoms. The van der Waals surface area contributed by atoms with E-state index in [0.29, 0.717) is 0 Å². The molecule has 1 aliphatic carbocycles. The first kappa shape index (κ1) is 21.6. The van der Waals surface area contributed by atoms with Gasteiger partial charge in [-0.15, -0.1) is 0 Å². The Morgan fingerprint density at radius 1 is 1.03 bits per heavy atom. The van der Waals surface area contributed by atoms with Crippen LogP contribution in [0.2, 0.25) is 0 Å². The predicted octanol–water partition coefficient (Wildman–Crippen LogP) is 2.53. The van der Waals surface area contributed by atoms with Crippen LogP contribution in [0, 0.1) is 11.8 Å². The quantitative estimate of drug-likeness (QED) is 0.497. The van der Waals surface area contributed by atoms with Crippen LogP contribution in [-0.4, -0.2) is 41.2 Å². The second-order valence-corrected chi connectivity index (χ2v) is 7.09. The number of aromatic carboxylic acids is 1. The SMILES string of the molecule is O=C(C#CCNC(=O)OCC1c2ccccc2-c2ccccc21)NCc1ocnc1C(=O)O. The van der Waals surface area contributed by atoms with E-state index in [1.807, 2.05) is 36.4 Å². The third-order valence-electron chi connectivity index (χ3n) is 5.12. The fourth-order valence-electron chi connectivity index (χ4n) is 3.67. The Labute approximate surface area is 188 Å². The summed E-state index contributed by atoms with van der Waals surface area (Å²) in [6.45, 7) is -0.0847. The normalized spacial score (nSPS) is 11.5. The summed E-state index contributed by atoms with van der Waals surface area (Å²) in [4.78, 5) is 38.3. The molecule has 2 aromatic carbocycles. The fourth-order valence-corrected chi connectivity index (χ4v) is 3.67. The van der Waals surface area contributed by atoms with E-state index in [1.165, 1.54) is 0 Å². The lowest BCUT2D eigenvalue weighted by Crippen LogP contribution is -2.27. The smallest absolute Gasteiger partial charge is 0.407 e. The fraction of sp³-hybridized carbons (Fsp3) is 0.167. The zero-order valence-electron chi connectivity index (χ0n) is 17.3. The lowest BCUT2D eigenvalue weighted by atomic mass is 9.98. The molecular weight excluding hydrogens is 426 g/mol. The number of benzene rings is 2. The topological polar surface area (TPSA) is 131 Å². The first-order valence-electron chi connectivity index (χ1n) is 10.1. The van der Waals surface area contributed by atoms with Gasteiger partial charge in [0.25, 0.3) is 5.91 Å². The Morgan fingerprint density at radius 3 is 2.36 bits per heavy atom. The zero-order valence-corrected chi connectivity index (χ0v) is 17.3. The molecule has 0 saturated heterocycles. The minimum absolute atomic E-state index is 0.00872. The molecule has 1 heterocycles. The van der Waals surface area contributed by atoms with Crippen LogP contribution >= 0.6 is 0 Å². The van der Waals surface area contributed by atoms with Gasteiger partial charge in [0.2, 0.25) is 0 Å². The third-order valence-corrected chi connectivity index (χ3v) is 5.12. The number of amides is 2. The van der Waals surface area contributed by atoms with Crippen molar-refractivity contribution in [2.24, 2.45) is 0 Å². The van der Waals surface area contributed by atoms with E-state index in [0.717, 1.165) is 28.6 Å². The molecule has 0 unspecified atom stereocenters. The van der Waals surface area contributed by atoms with E-state index in [1.54, 1.807) is 0 Å². The molecule has 1 aromatic heterocycles. The van der Waals surface area contributed by atoms with E-state index in [4.69, 9.17) is 14.3 Å². The highest BCUT2D eigenvalue weighted by molar-refractivity contribution is 5.93. The molecule has 166 valence electrons. The van der Waals surface area contributed by atoms with Gasteiger partial charge in [-0.1, -0.05) is 54.5 Å². The maximum absolute atomic E-state index is 12.1. The summed E-state index contributed by atoms with van der Waals surface area (Å²) in [5.74, 6) is 2.84. The molecule has 9 nitrogen and oxygen atoms in total. The number of rotatable bonds is 6. The van der Waals surface area contributed by atoms with E-state index in [9.17, 15) is 14.4 Å². The van der Waals surface area contributed by atoms with Crippen LogP contribution in [0.1, 0.15) is 33.3 Å². The average Bonchev–Trinajstić information content (AvgIpc) is 3.42. The molecule has 2 amide bonds. The second kappa shape index (κ2) is 9.70. The number of carboxylic acid groups (broad SMARTS) is 1. The number of carbonyl (C=O) groups excluding carboxylic acids is 2. The highest BCUT2D eigenvalue weighted by atomic mass is 16.5. The van der Waals surface area contributed by atoms with Crippen LogP contribution in [0.15, 0.2) is 59.3 Å². The number of fused-ring (bicyclic) bond motifs is 3. The number of aromatic nitrogens is 1. The van der Waals surface area contributed by atoms with Crippen LogP contribution in [0.5, 0.6) is 0 Å². The van der Waals surface area contributed by atoms with Crippen molar-refractivity contribution in [3.05, 3.63) is 77.5 Å². The molecule has 1 aliphatic rings. The van der Waals surface area contributed by atoms with Gasteiger partial charge < -0.3 is 24.9 Å². The van der Waals surface area contributed by atoms with Crippen molar-refractivity contribution in [1.82, 2.24) is 15.6 Å². The Kier molecular flexibility index (Phi) is 6.36. The molecule has 0 spiro atoms. The number of ether oxygens (including phenoxy) is 1. The average molecular weight is 445 g/mol. The second-order valence-electron chi connectivity index (χ2n) is 7.09. The van der Waals surface area contributed by atoms with Gasteiger partial charge in [0.15, 0.2) is 17.8 Å². The number of hydrogen-bond acceptors (Lipinski definition) is 6. The minimum atomic E-state index is -1.26. The highest BCUT2D eigenvalue weighted by Crippen LogP contribution is 2.44. The molecule has 0 aliphatic heterocycles. The standard InChI is InChI=1S/C24H19N3O6/c28-21(26-12-20-22(23(29)30)27-14-33-20)10-5-11-25-24(31)32-13-19-17-8-3-1-6-15(17)16-7-2-4-9-18(16)19/h1-4,6-9,14,19H,11-13H2,(H,25,31)(H,26,28)(H,29,30). The lowest BCUT2D eigenvalue weighted by molar-refractivity contribution is -0.115. The van der Waals surface area contributed by atoms with Crippen molar-refractivity contribution in [2.45, 2.75) is 12.5 Å². The molecule has 0 radical (unpaired) electrons. The summed E-state index contributed by atoms with van der Waals surface area (Å²) in [5, 5.41) is 13.8. The van der Waals surface area contributed by atoms with Gasteiger partial charge >= 0.3 is 12.1 Å². The van der Waals surface area contributed by atoms with Crippen molar-refractivity contribution < 1.29 is 28.6 Å². The highest BCUT2D eigenvalue weighted by Gasteiger charge is 2.28. The summed E-state index contributed by atoms with van der Waals surface area (Å²) in [7, 11) is 0. The Balaban J connectivity index is 1.24. The molecule has 0 fully saturated rings. The van der Waals surface area contributed by atoms with Gasteiger partial charge in [0.05, 0.1) is 13.1 Å². The summed E-state index contributed by atoms with van der Waals surface area (Å²) >= 11 is 0. The van der Waals surface area contributed by atoms with Gasteiger partial charge in [-0.3, -0.25) is 4.79 Å². The number of nitrogens with zero attached hydrogens (tertiary/aromatic N) is 1. The summed E-state index contributed by atoms with van der Waals surface area (Å²) in [5.41, 5.74) is 4.22. The van der Waals surface area contributed by atoms with Crippen molar-refractivity contribution in [1.29, 1.82) is 0 Å². The number of nitrogens with one attached hydrogen (secondary N) is 2. The molecule has 3 N–H and O–H groups in total. The monoisotopic (exact) mass is 445 g/mol. The maximum atomic E-state index is 12.1. The van der Waals surface area contributed by atoms with Crippen molar-refractivity contribution in [2.75, 3.05) is 13.2 Å². The summed E-state index contributed by atoms with van der Waals surface area (Å²) in [6, 6.07) is 16.1. The molecular formula is C24H19N3O6. The van der Waals surface area contributed by atoms with Crippen LogP contribution in [0.4, 0.5) is 4.79 Å². The first-order chi connectivity index (χ1) is 16.0. The van der Waals surface area contributed by atoms with Crippen molar-refractivity contribution in [3.63, 3.8) is 0 Å². The summed E-state index contributed by atoms with van der Waals surface area (Å²) in [6.07, 6.45) is 0.342. The van der Waals surface area contributed by atoms with E-state index >= 15 is 0 Å². The van der Waals surface area contributed by atoms with Gasteiger partial charge in [0.1, 0.15) is 6.61 Å². The molecule has 9 heteroatoms. The maximum Gasteiger partial charge on any atom is 0.407 e. The number of alkyl carbamates (subject to hydrolysis) is 1. The number of oxazole rings is 1. The van der Waals surface area contributed by atoms with E-state index in [-0.39, 0.29) is 37.1 Å². The lowest BCUT2D eigenvalue weighted by Gasteiger charge is -2.14.